The zero-order chi connectivity index (χ0) is 20.2. The maximum absolute atomic E-state index is 12.6. The molecular formula is C17H18F3N3O4. The molecule has 0 fully saturated rings. The number of amides is 1. The second kappa shape index (κ2) is 8.21. The predicted molar refractivity (Wildman–Crippen MR) is 90.6 cm³/mol. The van der Waals surface area contributed by atoms with Crippen LogP contribution in [-0.2, 0) is 12.7 Å². The summed E-state index contributed by atoms with van der Waals surface area (Å²) in [6.45, 7) is 1.35. The van der Waals surface area contributed by atoms with Crippen LogP contribution in [0.3, 0.4) is 0 Å². The van der Waals surface area contributed by atoms with Crippen LogP contribution >= 0.6 is 0 Å². The maximum atomic E-state index is 12.6. The number of H-pyrrole nitrogens is 1. The van der Waals surface area contributed by atoms with Crippen molar-refractivity contribution in [2.45, 2.75) is 25.6 Å². The number of hydrogen-bond acceptors (Lipinski definition) is 4. The van der Waals surface area contributed by atoms with Gasteiger partial charge < -0.3 is 10.4 Å². The van der Waals surface area contributed by atoms with Crippen LogP contribution in [0.15, 0.2) is 40.1 Å². The zero-order valence-corrected chi connectivity index (χ0v) is 14.3. The minimum Gasteiger partial charge on any atom is -0.395 e. The highest BCUT2D eigenvalue weighted by atomic mass is 19.4. The molecule has 27 heavy (non-hydrogen) atoms. The van der Waals surface area contributed by atoms with Crippen molar-refractivity contribution in [1.82, 2.24) is 14.9 Å². The number of alkyl halides is 3. The van der Waals surface area contributed by atoms with Crippen LogP contribution in [0.4, 0.5) is 13.2 Å². The summed E-state index contributed by atoms with van der Waals surface area (Å²) in [6.07, 6.45) is -3.37. The number of aliphatic hydroxyl groups is 1. The molecule has 7 nitrogen and oxygen atoms in total. The number of carbonyl (C=O) groups excluding carboxylic acids is 1. The van der Waals surface area contributed by atoms with Crippen molar-refractivity contribution in [3.8, 4) is 0 Å². The Morgan fingerprint density at radius 1 is 1.26 bits per heavy atom. The fourth-order valence-electron chi connectivity index (χ4n) is 2.40. The van der Waals surface area contributed by atoms with Gasteiger partial charge in [0, 0.05) is 12.7 Å². The number of aromatic amines is 1. The van der Waals surface area contributed by atoms with Crippen molar-refractivity contribution in [1.29, 1.82) is 0 Å². The van der Waals surface area contributed by atoms with Crippen LogP contribution in [-0.4, -0.2) is 33.7 Å². The Kier molecular flexibility index (Phi) is 6.21. The molecule has 1 atom stereocenters. The molecular weight excluding hydrogens is 367 g/mol. The quantitative estimate of drug-likeness (QED) is 0.692. The van der Waals surface area contributed by atoms with Crippen molar-refractivity contribution >= 4 is 5.91 Å². The molecule has 0 saturated heterocycles. The van der Waals surface area contributed by atoms with E-state index in [1.165, 1.54) is 12.1 Å². The van der Waals surface area contributed by atoms with E-state index in [-0.39, 0.29) is 31.2 Å². The summed E-state index contributed by atoms with van der Waals surface area (Å²) in [5.41, 5.74) is -2.09. The van der Waals surface area contributed by atoms with Crippen LogP contribution < -0.4 is 16.6 Å². The van der Waals surface area contributed by atoms with Crippen molar-refractivity contribution in [2.75, 3.05) is 13.2 Å². The number of aromatic nitrogens is 2. The second-order valence-corrected chi connectivity index (χ2v) is 5.95. The Labute approximate surface area is 151 Å². The molecule has 146 valence electrons. The maximum Gasteiger partial charge on any atom is 0.416 e. The van der Waals surface area contributed by atoms with Crippen molar-refractivity contribution < 1.29 is 23.1 Å². The van der Waals surface area contributed by atoms with Crippen LogP contribution in [0.2, 0.25) is 0 Å². The SMILES string of the molecule is CC(CNC(=O)c1cn(CCO)c(=O)[nH]c1=O)c1ccc(C(F)(F)F)cc1. The average molecular weight is 385 g/mol. The van der Waals surface area contributed by atoms with Gasteiger partial charge in [-0.3, -0.25) is 19.1 Å². The van der Waals surface area contributed by atoms with E-state index in [2.05, 4.69) is 5.32 Å². The van der Waals surface area contributed by atoms with Gasteiger partial charge in [0.15, 0.2) is 0 Å². The lowest BCUT2D eigenvalue weighted by Crippen LogP contribution is -2.38. The van der Waals surface area contributed by atoms with E-state index < -0.39 is 28.9 Å². The topological polar surface area (TPSA) is 104 Å². The van der Waals surface area contributed by atoms with E-state index >= 15 is 0 Å². The predicted octanol–water partition coefficient (Wildman–Crippen LogP) is 1.08. The van der Waals surface area contributed by atoms with Crippen molar-refractivity contribution in [2.24, 2.45) is 0 Å². The van der Waals surface area contributed by atoms with E-state index in [0.29, 0.717) is 5.56 Å². The summed E-state index contributed by atoms with van der Waals surface area (Å²) < 4.78 is 38.8. The van der Waals surface area contributed by atoms with Crippen LogP contribution in [0.1, 0.15) is 34.3 Å². The van der Waals surface area contributed by atoms with Gasteiger partial charge in [0.2, 0.25) is 0 Å². The van der Waals surface area contributed by atoms with Gasteiger partial charge in [-0.15, -0.1) is 0 Å². The average Bonchev–Trinajstić information content (AvgIpc) is 2.61. The number of benzene rings is 1. The molecule has 1 aromatic carbocycles. The molecule has 0 aliphatic rings. The first kappa shape index (κ1) is 20.4. The summed E-state index contributed by atoms with van der Waals surface area (Å²) in [4.78, 5) is 37.5. The molecule has 0 bridgehead atoms. The van der Waals surface area contributed by atoms with E-state index in [0.717, 1.165) is 22.9 Å². The number of nitrogens with zero attached hydrogens (tertiary/aromatic N) is 1. The summed E-state index contributed by atoms with van der Waals surface area (Å²) in [7, 11) is 0. The molecule has 0 spiro atoms. The number of hydrogen-bond donors (Lipinski definition) is 3. The lowest BCUT2D eigenvalue weighted by molar-refractivity contribution is -0.137. The first-order valence-electron chi connectivity index (χ1n) is 8.03. The fraction of sp³-hybridized carbons (Fsp3) is 0.353. The van der Waals surface area contributed by atoms with Crippen LogP contribution in [0.25, 0.3) is 0 Å². The summed E-state index contributed by atoms with van der Waals surface area (Å²) in [5.74, 6) is -1.04. The number of nitrogens with one attached hydrogen (secondary N) is 2. The van der Waals surface area contributed by atoms with Gasteiger partial charge in [0.05, 0.1) is 18.7 Å². The standard InChI is InChI=1S/C17H18F3N3O4/c1-10(11-2-4-12(5-3-11)17(18,19)20)8-21-14(25)13-9-23(6-7-24)16(27)22-15(13)26/h2-5,9-10,24H,6-8H2,1H3,(H,21,25)(H,22,26,27). The molecule has 1 heterocycles. The first-order valence-corrected chi connectivity index (χ1v) is 8.03. The smallest absolute Gasteiger partial charge is 0.395 e. The van der Waals surface area contributed by atoms with Gasteiger partial charge in [-0.2, -0.15) is 13.2 Å². The molecule has 10 heteroatoms. The van der Waals surface area contributed by atoms with Crippen LogP contribution in [0, 0.1) is 0 Å². The van der Waals surface area contributed by atoms with Crippen molar-refractivity contribution in [3.63, 3.8) is 0 Å². The summed E-state index contributed by atoms with van der Waals surface area (Å²) >= 11 is 0. The normalized spacial score (nSPS) is 12.6. The third kappa shape index (κ3) is 5.07. The largest absolute Gasteiger partial charge is 0.416 e. The van der Waals surface area contributed by atoms with E-state index in [9.17, 15) is 27.6 Å². The molecule has 1 unspecified atom stereocenters. The van der Waals surface area contributed by atoms with Gasteiger partial charge in [0.1, 0.15) is 5.56 Å². The molecule has 1 aromatic heterocycles. The number of rotatable bonds is 6. The Morgan fingerprint density at radius 2 is 1.89 bits per heavy atom. The lowest BCUT2D eigenvalue weighted by Gasteiger charge is -2.14. The number of aliphatic hydroxyl groups excluding tert-OH is 1. The number of carbonyl (C=O) groups is 1. The van der Waals surface area contributed by atoms with Gasteiger partial charge in [-0.1, -0.05) is 19.1 Å². The molecule has 0 saturated carbocycles. The molecule has 1 amide bonds. The molecule has 2 rings (SSSR count). The third-order valence-electron chi connectivity index (χ3n) is 3.97. The zero-order valence-electron chi connectivity index (χ0n) is 14.3. The van der Waals surface area contributed by atoms with Gasteiger partial charge in [-0.05, 0) is 23.6 Å². The van der Waals surface area contributed by atoms with E-state index in [4.69, 9.17) is 5.11 Å². The molecule has 0 radical (unpaired) electrons. The number of halogens is 3. The highest BCUT2D eigenvalue weighted by molar-refractivity contribution is 5.93. The second-order valence-electron chi connectivity index (χ2n) is 5.95. The van der Waals surface area contributed by atoms with Crippen molar-refractivity contribution in [3.05, 3.63) is 68.0 Å². The Balaban J connectivity index is 2.08. The van der Waals surface area contributed by atoms with E-state index in [1.54, 1.807) is 6.92 Å². The fourth-order valence-corrected chi connectivity index (χ4v) is 2.40. The van der Waals surface area contributed by atoms with Crippen LogP contribution in [0.5, 0.6) is 0 Å². The van der Waals surface area contributed by atoms with Gasteiger partial charge in [0.25, 0.3) is 11.5 Å². The van der Waals surface area contributed by atoms with E-state index in [1.807, 2.05) is 4.98 Å². The Morgan fingerprint density at radius 3 is 2.44 bits per heavy atom. The lowest BCUT2D eigenvalue weighted by atomic mass is 9.99. The summed E-state index contributed by atoms with van der Waals surface area (Å²) in [5, 5.41) is 11.4. The van der Waals surface area contributed by atoms with Gasteiger partial charge in [-0.25, -0.2) is 4.79 Å². The Hall–Kier alpha value is -2.88. The molecule has 3 N–H and O–H groups in total. The monoisotopic (exact) mass is 385 g/mol. The Bertz CT molecular complexity index is 917. The summed E-state index contributed by atoms with van der Waals surface area (Å²) in [6, 6.07) is 4.58. The molecule has 0 aliphatic carbocycles. The van der Waals surface area contributed by atoms with Gasteiger partial charge >= 0.3 is 11.9 Å². The first-order chi connectivity index (χ1) is 12.6. The molecule has 2 aromatic rings. The minimum absolute atomic E-state index is 0.0722. The molecule has 0 aliphatic heterocycles. The minimum atomic E-state index is -4.42. The highest BCUT2D eigenvalue weighted by Crippen LogP contribution is 2.30. The highest BCUT2D eigenvalue weighted by Gasteiger charge is 2.30. The third-order valence-corrected chi connectivity index (χ3v) is 3.97.